The van der Waals surface area contributed by atoms with Gasteiger partial charge in [-0.1, -0.05) is 29.5 Å². The van der Waals surface area contributed by atoms with Gasteiger partial charge in [0.15, 0.2) is 16.6 Å². The molecule has 0 atom stereocenters. The van der Waals surface area contributed by atoms with Gasteiger partial charge >= 0.3 is 0 Å². The highest BCUT2D eigenvalue weighted by Crippen LogP contribution is 2.38. The van der Waals surface area contributed by atoms with Crippen LogP contribution in [0.1, 0.15) is 10.4 Å². The van der Waals surface area contributed by atoms with Crippen LogP contribution in [-0.4, -0.2) is 42.5 Å². The van der Waals surface area contributed by atoms with E-state index in [0.29, 0.717) is 38.2 Å². The van der Waals surface area contributed by atoms with Crippen molar-refractivity contribution in [3.63, 3.8) is 0 Å². The molecule has 1 heterocycles. The predicted octanol–water partition coefficient (Wildman–Crippen LogP) is 3.63. The third-order valence-electron chi connectivity index (χ3n) is 3.82. The molecule has 2 aromatic carbocycles. The largest absolute Gasteiger partial charge is 0.493 e. The lowest BCUT2D eigenvalue weighted by Gasteiger charge is -2.13. The lowest BCUT2D eigenvalue weighted by Crippen LogP contribution is -2.18. The van der Waals surface area contributed by atoms with Gasteiger partial charge < -0.3 is 24.8 Å². The molecule has 3 aromatic rings. The maximum atomic E-state index is 12.6. The molecule has 1 aromatic heterocycles. The number of nitrogens with one attached hydrogen (secondary N) is 3. The zero-order chi connectivity index (χ0) is 21.5. The summed E-state index contributed by atoms with van der Waals surface area (Å²) in [4.78, 5) is 12.6. The molecule has 156 valence electrons. The van der Waals surface area contributed by atoms with Crippen LogP contribution >= 0.6 is 23.6 Å². The number of thiocarbonyl (C=S) groups is 1. The Hall–Kier alpha value is -3.44. The number of nitrogens with zero attached hydrogens (tertiary/aromatic N) is 2. The highest BCUT2D eigenvalue weighted by Gasteiger charge is 2.18. The van der Waals surface area contributed by atoms with Crippen molar-refractivity contribution in [3.8, 4) is 17.2 Å². The molecule has 1 amide bonds. The number of carbonyl (C=O) groups excluding carboxylic acids is 1. The van der Waals surface area contributed by atoms with Gasteiger partial charge in [0.1, 0.15) is 0 Å². The summed E-state index contributed by atoms with van der Waals surface area (Å²) in [5.74, 6) is 0.748. The Morgan fingerprint density at radius 2 is 1.50 bits per heavy atom. The van der Waals surface area contributed by atoms with Crippen molar-refractivity contribution in [2.75, 3.05) is 37.3 Å². The lowest BCUT2D eigenvalue weighted by atomic mass is 10.1. The fourth-order valence-electron chi connectivity index (χ4n) is 2.49. The Morgan fingerprint density at radius 1 is 0.900 bits per heavy atom. The molecule has 30 heavy (non-hydrogen) atoms. The number of benzene rings is 2. The number of ether oxygens (including phenoxy) is 3. The highest BCUT2D eigenvalue weighted by atomic mass is 32.1. The fraction of sp³-hybridized carbons (Fsp3) is 0.158. The number of carbonyl (C=O) groups is 1. The molecule has 0 bridgehead atoms. The van der Waals surface area contributed by atoms with Crippen molar-refractivity contribution in [1.82, 2.24) is 10.2 Å². The maximum Gasteiger partial charge on any atom is 0.257 e. The van der Waals surface area contributed by atoms with Gasteiger partial charge in [-0.05, 0) is 36.5 Å². The van der Waals surface area contributed by atoms with Gasteiger partial charge in [-0.25, -0.2) is 0 Å². The molecule has 0 aliphatic heterocycles. The first-order valence-electron chi connectivity index (χ1n) is 8.62. The van der Waals surface area contributed by atoms with E-state index in [-0.39, 0.29) is 0 Å². The second-order valence-corrected chi connectivity index (χ2v) is 7.11. The summed E-state index contributed by atoms with van der Waals surface area (Å²) < 4.78 is 15.8. The van der Waals surface area contributed by atoms with E-state index in [1.165, 1.54) is 21.3 Å². The Labute approximate surface area is 182 Å². The molecular weight excluding hydrogens is 426 g/mol. The number of aromatic nitrogens is 2. The van der Waals surface area contributed by atoms with E-state index in [1.54, 1.807) is 12.1 Å². The molecule has 0 unspecified atom stereocenters. The van der Waals surface area contributed by atoms with Crippen LogP contribution in [0.15, 0.2) is 42.5 Å². The average Bonchev–Trinajstić information content (AvgIpc) is 3.19. The summed E-state index contributed by atoms with van der Waals surface area (Å²) in [5, 5.41) is 17.7. The lowest BCUT2D eigenvalue weighted by molar-refractivity contribution is 0.102. The fourth-order valence-corrected chi connectivity index (χ4v) is 3.41. The van der Waals surface area contributed by atoms with Crippen LogP contribution in [0, 0.1) is 0 Å². The second kappa shape index (κ2) is 9.85. The van der Waals surface area contributed by atoms with E-state index < -0.39 is 5.91 Å². The van der Waals surface area contributed by atoms with E-state index in [1.807, 2.05) is 30.3 Å². The van der Waals surface area contributed by atoms with Crippen LogP contribution in [0.4, 0.5) is 16.0 Å². The Balaban J connectivity index is 1.67. The Kier molecular flexibility index (Phi) is 6.99. The highest BCUT2D eigenvalue weighted by molar-refractivity contribution is 7.80. The molecular formula is C19H19N5O4S2. The first-order valence-corrected chi connectivity index (χ1v) is 9.84. The first-order chi connectivity index (χ1) is 14.5. The van der Waals surface area contributed by atoms with Gasteiger partial charge in [-0.15, -0.1) is 10.2 Å². The number of hydrogen-bond donors (Lipinski definition) is 3. The molecule has 0 aliphatic rings. The minimum absolute atomic E-state index is 0.304. The third kappa shape index (κ3) is 5.13. The van der Waals surface area contributed by atoms with E-state index in [4.69, 9.17) is 26.4 Å². The van der Waals surface area contributed by atoms with Crippen LogP contribution < -0.4 is 30.2 Å². The minimum Gasteiger partial charge on any atom is -0.493 e. The minimum atomic E-state index is -0.401. The number of rotatable bonds is 7. The van der Waals surface area contributed by atoms with E-state index in [9.17, 15) is 4.79 Å². The Morgan fingerprint density at radius 3 is 2.07 bits per heavy atom. The first kappa shape index (κ1) is 21.3. The zero-order valence-electron chi connectivity index (χ0n) is 16.4. The van der Waals surface area contributed by atoms with Gasteiger partial charge in [-0.2, -0.15) is 0 Å². The zero-order valence-corrected chi connectivity index (χ0v) is 18.0. The van der Waals surface area contributed by atoms with E-state index in [2.05, 4.69) is 26.1 Å². The summed E-state index contributed by atoms with van der Waals surface area (Å²) in [7, 11) is 4.45. The van der Waals surface area contributed by atoms with E-state index >= 15 is 0 Å². The molecule has 9 nitrogen and oxygen atoms in total. The summed E-state index contributed by atoms with van der Waals surface area (Å²) in [5.41, 5.74) is 1.16. The van der Waals surface area contributed by atoms with Crippen molar-refractivity contribution >= 4 is 50.5 Å². The molecule has 0 radical (unpaired) electrons. The van der Waals surface area contributed by atoms with Gasteiger partial charge in [0.05, 0.1) is 21.3 Å². The van der Waals surface area contributed by atoms with Crippen molar-refractivity contribution < 1.29 is 19.0 Å². The number of methoxy groups -OCH3 is 3. The van der Waals surface area contributed by atoms with Gasteiger partial charge in [0.25, 0.3) is 5.91 Å². The molecule has 0 spiro atoms. The van der Waals surface area contributed by atoms with Crippen molar-refractivity contribution in [3.05, 3.63) is 48.0 Å². The molecule has 0 fully saturated rings. The topological polar surface area (TPSA) is 107 Å². The van der Waals surface area contributed by atoms with Gasteiger partial charge in [0.2, 0.25) is 16.0 Å². The summed E-state index contributed by atoms with van der Waals surface area (Å²) in [6.45, 7) is 0. The quantitative estimate of drug-likeness (QED) is 0.470. The van der Waals surface area contributed by atoms with Crippen LogP contribution in [0.25, 0.3) is 0 Å². The summed E-state index contributed by atoms with van der Waals surface area (Å²) in [6.07, 6.45) is 0. The van der Waals surface area contributed by atoms with Crippen molar-refractivity contribution in [2.24, 2.45) is 0 Å². The van der Waals surface area contributed by atoms with Crippen LogP contribution in [0.2, 0.25) is 0 Å². The number of para-hydroxylation sites is 1. The molecule has 0 saturated carbocycles. The summed E-state index contributed by atoms with van der Waals surface area (Å²) in [6, 6.07) is 12.6. The molecule has 0 saturated heterocycles. The number of hydrogen-bond acceptors (Lipinski definition) is 8. The third-order valence-corrected chi connectivity index (χ3v) is 4.78. The average molecular weight is 446 g/mol. The molecule has 11 heteroatoms. The molecule has 3 N–H and O–H groups in total. The van der Waals surface area contributed by atoms with Gasteiger partial charge in [0, 0.05) is 11.3 Å². The normalized spacial score (nSPS) is 10.1. The SMILES string of the molecule is COc1cc(C(=O)Nc2nnc(NC(=S)Nc3ccccc3)s2)cc(OC)c1OC. The number of amides is 1. The molecule has 3 rings (SSSR count). The van der Waals surface area contributed by atoms with Crippen molar-refractivity contribution in [2.45, 2.75) is 0 Å². The standard InChI is InChI=1S/C19H19N5O4S2/c1-26-13-9-11(10-14(27-2)15(13)28-3)16(25)21-18-23-24-19(30-18)22-17(29)20-12-7-5-4-6-8-12/h4-10H,1-3H3,(H,21,23,25)(H2,20,22,24,29). The maximum absolute atomic E-state index is 12.6. The monoisotopic (exact) mass is 445 g/mol. The van der Waals surface area contributed by atoms with Crippen LogP contribution in [-0.2, 0) is 0 Å². The number of anilines is 3. The predicted molar refractivity (Wildman–Crippen MR) is 120 cm³/mol. The second-order valence-electron chi connectivity index (χ2n) is 5.73. The molecule has 0 aliphatic carbocycles. The summed E-state index contributed by atoms with van der Waals surface area (Å²) >= 11 is 6.40. The van der Waals surface area contributed by atoms with Crippen LogP contribution in [0.3, 0.4) is 0 Å². The van der Waals surface area contributed by atoms with Crippen LogP contribution in [0.5, 0.6) is 17.2 Å². The van der Waals surface area contributed by atoms with Gasteiger partial charge in [-0.3, -0.25) is 10.1 Å². The van der Waals surface area contributed by atoms with E-state index in [0.717, 1.165) is 17.0 Å². The Bertz CT molecular complexity index is 1020. The van der Waals surface area contributed by atoms with Crippen molar-refractivity contribution in [1.29, 1.82) is 0 Å². The smallest absolute Gasteiger partial charge is 0.257 e.